The van der Waals surface area contributed by atoms with Crippen LogP contribution >= 0.6 is 11.6 Å². The average Bonchev–Trinajstić information content (AvgIpc) is 2.86. The molecule has 0 radical (unpaired) electrons. The molecule has 0 atom stereocenters. The largest absolute Gasteiger partial charge is 0.399 e. The molecule has 2 aliphatic heterocycles. The van der Waals surface area contributed by atoms with Crippen LogP contribution in [0.25, 0.3) is 0 Å². The minimum absolute atomic E-state index is 0.0490. The van der Waals surface area contributed by atoms with Crippen molar-refractivity contribution in [3.8, 4) is 0 Å². The van der Waals surface area contributed by atoms with Gasteiger partial charge in [-0.2, -0.15) is 0 Å². The molecule has 0 aromatic heterocycles. The van der Waals surface area contributed by atoms with Gasteiger partial charge in [0.2, 0.25) is 0 Å². The average molecular weight is 297 g/mol. The summed E-state index contributed by atoms with van der Waals surface area (Å²) in [7, 11) is 0. The number of amides is 1. The van der Waals surface area contributed by atoms with E-state index in [1.165, 1.54) is 0 Å². The summed E-state index contributed by atoms with van der Waals surface area (Å²) in [5.74, 6) is -0.517. The fourth-order valence-corrected chi connectivity index (χ4v) is 3.00. The van der Waals surface area contributed by atoms with E-state index in [2.05, 4.69) is 0 Å². The number of nitrogens with two attached hydrogens (primary N) is 1. The molecule has 3 rings (SSSR count). The van der Waals surface area contributed by atoms with Crippen LogP contribution in [0.3, 0.4) is 0 Å². The van der Waals surface area contributed by atoms with E-state index < -0.39 is 5.79 Å². The van der Waals surface area contributed by atoms with Gasteiger partial charge < -0.3 is 20.1 Å². The Morgan fingerprint density at radius 1 is 1.20 bits per heavy atom. The van der Waals surface area contributed by atoms with E-state index >= 15 is 0 Å². The zero-order chi connectivity index (χ0) is 14.2. The van der Waals surface area contributed by atoms with Crippen LogP contribution < -0.4 is 5.73 Å². The molecule has 0 saturated carbocycles. The lowest BCUT2D eigenvalue weighted by molar-refractivity contribution is -0.181. The molecule has 0 bridgehead atoms. The summed E-state index contributed by atoms with van der Waals surface area (Å²) in [5.41, 5.74) is 6.75. The lowest BCUT2D eigenvalue weighted by Gasteiger charge is -2.37. The second-order valence-electron chi connectivity index (χ2n) is 5.17. The van der Waals surface area contributed by atoms with Crippen LogP contribution in [0.15, 0.2) is 18.2 Å². The number of carbonyl (C=O) groups is 1. The van der Waals surface area contributed by atoms with Crippen LogP contribution in [-0.2, 0) is 9.47 Å². The van der Waals surface area contributed by atoms with Gasteiger partial charge in [0, 0.05) is 42.2 Å². The number of carbonyl (C=O) groups excluding carboxylic acids is 1. The monoisotopic (exact) mass is 296 g/mol. The maximum absolute atomic E-state index is 12.4. The van der Waals surface area contributed by atoms with Crippen molar-refractivity contribution < 1.29 is 14.3 Å². The molecule has 20 heavy (non-hydrogen) atoms. The van der Waals surface area contributed by atoms with Crippen molar-refractivity contribution >= 4 is 23.2 Å². The number of nitrogen functional groups attached to an aromatic ring is 1. The van der Waals surface area contributed by atoms with E-state index in [9.17, 15) is 4.79 Å². The van der Waals surface area contributed by atoms with Crippen molar-refractivity contribution in [3.63, 3.8) is 0 Å². The Labute approximate surface area is 122 Å². The molecule has 2 heterocycles. The zero-order valence-corrected chi connectivity index (χ0v) is 11.9. The topological polar surface area (TPSA) is 64.8 Å². The molecular formula is C14H17ClN2O3. The summed E-state index contributed by atoms with van der Waals surface area (Å²) in [6.45, 7) is 2.51. The van der Waals surface area contributed by atoms with Crippen molar-refractivity contribution in [2.75, 3.05) is 32.0 Å². The quantitative estimate of drug-likeness (QED) is 0.804. The standard InChI is InChI=1S/C14H17ClN2O3/c15-11-7-10(8-12(16)9-11)13(18)17-3-1-14(2-4-17)19-5-6-20-14/h7-9H,1-6,16H2. The molecule has 6 heteroatoms. The first kappa shape index (κ1) is 13.7. The number of hydrogen-bond donors (Lipinski definition) is 1. The maximum Gasteiger partial charge on any atom is 0.253 e. The lowest BCUT2D eigenvalue weighted by atomic mass is 10.0. The summed E-state index contributed by atoms with van der Waals surface area (Å²) >= 11 is 5.94. The Bertz CT molecular complexity index is 499. The Hall–Kier alpha value is -1.30. The van der Waals surface area contributed by atoms with Crippen LogP contribution in [0, 0.1) is 0 Å². The predicted molar refractivity (Wildman–Crippen MR) is 75.6 cm³/mol. The number of halogens is 1. The van der Waals surface area contributed by atoms with E-state index in [1.807, 2.05) is 0 Å². The van der Waals surface area contributed by atoms with E-state index in [0.29, 0.717) is 55.4 Å². The van der Waals surface area contributed by atoms with Gasteiger partial charge in [-0.15, -0.1) is 0 Å². The van der Waals surface area contributed by atoms with Gasteiger partial charge in [-0.05, 0) is 18.2 Å². The number of ether oxygens (including phenoxy) is 2. The minimum atomic E-state index is -0.468. The summed E-state index contributed by atoms with van der Waals surface area (Å²) in [6, 6.07) is 4.93. The lowest BCUT2D eigenvalue weighted by Crippen LogP contribution is -2.47. The SMILES string of the molecule is Nc1cc(Cl)cc(C(=O)N2CCC3(CC2)OCCO3)c1. The molecule has 0 unspecified atom stereocenters. The van der Waals surface area contributed by atoms with Gasteiger partial charge in [-0.25, -0.2) is 0 Å². The van der Waals surface area contributed by atoms with Crippen LogP contribution in [0.2, 0.25) is 5.02 Å². The molecule has 1 aromatic carbocycles. The predicted octanol–water partition coefficient (Wildman–Crippen LogP) is 1.90. The highest BCUT2D eigenvalue weighted by atomic mass is 35.5. The second-order valence-corrected chi connectivity index (χ2v) is 5.61. The highest BCUT2D eigenvalue weighted by Gasteiger charge is 2.40. The Balaban J connectivity index is 1.69. The van der Waals surface area contributed by atoms with Crippen LogP contribution in [-0.4, -0.2) is 42.9 Å². The fraction of sp³-hybridized carbons (Fsp3) is 0.500. The molecule has 108 valence electrons. The van der Waals surface area contributed by atoms with Gasteiger partial charge in [0.15, 0.2) is 5.79 Å². The Kier molecular flexibility index (Phi) is 3.58. The minimum Gasteiger partial charge on any atom is -0.399 e. The third-order valence-corrected chi connectivity index (χ3v) is 4.01. The Morgan fingerprint density at radius 3 is 2.45 bits per heavy atom. The van der Waals surface area contributed by atoms with Crippen molar-refractivity contribution in [1.82, 2.24) is 4.90 Å². The van der Waals surface area contributed by atoms with E-state index in [0.717, 1.165) is 0 Å². The van der Waals surface area contributed by atoms with Gasteiger partial charge in [-0.3, -0.25) is 4.79 Å². The smallest absolute Gasteiger partial charge is 0.253 e. The third-order valence-electron chi connectivity index (χ3n) is 3.79. The summed E-state index contributed by atoms with van der Waals surface area (Å²) < 4.78 is 11.3. The number of benzene rings is 1. The number of nitrogens with zero attached hydrogens (tertiary/aromatic N) is 1. The third kappa shape index (κ3) is 2.61. The second kappa shape index (κ2) is 5.24. The first-order chi connectivity index (χ1) is 9.58. The number of likely N-dealkylation sites (tertiary alicyclic amines) is 1. The van der Waals surface area contributed by atoms with Gasteiger partial charge >= 0.3 is 0 Å². The molecule has 5 nitrogen and oxygen atoms in total. The number of rotatable bonds is 1. The van der Waals surface area contributed by atoms with Crippen LogP contribution in [0.4, 0.5) is 5.69 Å². The molecule has 1 amide bonds. The normalized spacial score (nSPS) is 21.4. The molecule has 0 aliphatic carbocycles. The highest BCUT2D eigenvalue weighted by molar-refractivity contribution is 6.31. The maximum atomic E-state index is 12.4. The van der Waals surface area contributed by atoms with Crippen LogP contribution in [0.1, 0.15) is 23.2 Å². The van der Waals surface area contributed by atoms with Gasteiger partial charge in [0.25, 0.3) is 5.91 Å². The molecule has 1 spiro atoms. The first-order valence-electron chi connectivity index (χ1n) is 6.71. The van der Waals surface area contributed by atoms with Gasteiger partial charge in [-0.1, -0.05) is 11.6 Å². The highest BCUT2D eigenvalue weighted by Crippen LogP contribution is 2.32. The van der Waals surface area contributed by atoms with Crippen LogP contribution in [0.5, 0.6) is 0 Å². The molecule has 2 N–H and O–H groups in total. The molecule has 2 aliphatic rings. The van der Waals surface area contributed by atoms with Gasteiger partial charge in [0.1, 0.15) is 0 Å². The van der Waals surface area contributed by atoms with Crippen molar-refractivity contribution in [3.05, 3.63) is 28.8 Å². The molecular weight excluding hydrogens is 280 g/mol. The zero-order valence-electron chi connectivity index (χ0n) is 11.1. The van der Waals surface area contributed by atoms with E-state index in [1.54, 1.807) is 23.1 Å². The summed E-state index contributed by atoms with van der Waals surface area (Å²) in [4.78, 5) is 14.2. The molecule has 1 aromatic rings. The number of hydrogen-bond acceptors (Lipinski definition) is 4. The molecule has 2 fully saturated rings. The molecule has 2 saturated heterocycles. The Morgan fingerprint density at radius 2 is 1.85 bits per heavy atom. The van der Waals surface area contributed by atoms with E-state index in [-0.39, 0.29) is 5.91 Å². The number of anilines is 1. The first-order valence-corrected chi connectivity index (χ1v) is 7.09. The van der Waals surface area contributed by atoms with Crippen molar-refractivity contribution in [1.29, 1.82) is 0 Å². The number of piperidine rings is 1. The summed E-state index contributed by atoms with van der Waals surface area (Å²) in [6.07, 6.45) is 1.41. The van der Waals surface area contributed by atoms with Crippen molar-refractivity contribution in [2.24, 2.45) is 0 Å². The summed E-state index contributed by atoms with van der Waals surface area (Å²) in [5, 5.41) is 0.476. The van der Waals surface area contributed by atoms with E-state index in [4.69, 9.17) is 26.8 Å². The van der Waals surface area contributed by atoms with Gasteiger partial charge in [0.05, 0.1) is 13.2 Å². The fourth-order valence-electron chi connectivity index (χ4n) is 2.75. The van der Waals surface area contributed by atoms with Crippen molar-refractivity contribution in [2.45, 2.75) is 18.6 Å².